The lowest BCUT2D eigenvalue weighted by atomic mass is 10.1. The number of benzene rings is 1. The fourth-order valence-corrected chi connectivity index (χ4v) is 2.49. The first-order valence-corrected chi connectivity index (χ1v) is 8.03. The highest BCUT2D eigenvalue weighted by atomic mass is 16.6. The molecule has 0 unspecified atom stereocenters. The van der Waals surface area contributed by atoms with Gasteiger partial charge in [-0.3, -0.25) is 14.9 Å². The van der Waals surface area contributed by atoms with Crippen molar-refractivity contribution in [3.05, 3.63) is 52.0 Å². The second-order valence-corrected chi connectivity index (χ2v) is 5.65. The van der Waals surface area contributed by atoms with Crippen molar-refractivity contribution in [2.24, 2.45) is 0 Å². The van der Waals surface area contributed by atoms with Crippen LogP contribution in [0.15, 0.2) is 34.9 Å². The molecular formula is C17H16N2O8. The Kier molecular flexibility index (Phi) is 5.25. The second kappa shape index (κ2) is 7.77. The lowest BCUT2D eigenvalue weighted by Gasteiger charge is -2.18. The van der Waals surface area contributed by atoms with Crippen molar-refractivity contribution < 1.29 is 33.1 Å². The highest BCUT2D eigenvalue weighted by Crippen LogP contribution is 2.36. The second-order valence-electron chi connectivity index (χ2n) is 5.65. The van der Waals surface area contributed by atoms with E-state index in [9.17, 15) is 19.7 Å². The van der Waals surface area contributed by atoms with Gasteiger partial charge in [-0.1, -0.05) is 0 Å². The Labute approximate surface area is 153 Å². The number of nitro groups is 1. The van der Waals surface area contributed by atoms with Crippen molar-refractivity contribution in [3.8, 4) is 11.5 Å². The van der Waals surface area contributed by atoms with E-state index in [4.69, 9.17) is 18.6 Å². The summed E-state index contributed by atoms with van der Waals surface area (Å²) in [5.74, 6) is -0.673. The third kappa shape index (κ3) is 4.17. The number of ether oxygens (including phenoxy) is 3. The monoisotopic (exact) mass is 376 g/mol. The van der Waals surface area contributed by atoms with Gasteiger partial charge in [-0.25, -0.2) is 4.79 Å². The quantitative estimate of drug-likeness (QED) is 0.460. The summed E-state index contributed by atoms with van der Waals surface area (Å²) in [5.41, 5.74) is -0.815. The summed E-state index contributed by atoms with van der Waals surface area (Å²) in [6, 6.07) is 5.23. The van der Waals surface area contributed by atoms with E-state index in [0.29, 0.717) is 5.76 Å². The number of amides is 1. The summed E-state index contributed by atoms with van der Waals surface area (Å²) in [6.07, 6.45) is 1.47. The van der Waals surface area contributed by atoms with E-state index in [1.54, 1.807) is 19.1 Å². The molecule has 0 saturated heterocycles. The van der Waals surface area contributed by atoms with Crippen molar-refractivity contribution in [1.82, 2.24) is 5.32 Å². The molecule has 1 aliphatic rings. The Bertz CT molecular complexity index is 862. The minimum absolute atomic E-state index is 0.175. The smallest absolute Gasteiger partial charge is 0.345 e. The number of nitrogens with one attached hydrogen (secondary N) is 1. The van der Waals surface area contributed by atoms with Crippen molar-refractivity contribution in [2.45, 2.75) is 13.0 Å². The van der Waals surface area contributed by atoms with Crippen molar-refractivity contribution in [3.63, 3.8) is 0 Å². The molecule has 10 heteroatoms. The normalized spacial score (nSPS) is 13.5. The summed E-state index contributed by atoms with van der Waals surface area (Å²) in [6.45, 7) is 1.61. The largest absolute Gasteiger partial charge is 0.486 e. The molecule has 0 aliphatic carbocycles. The van der Waals surface area contributed by atoms with E-state index < -0.39 is 35.1 Å². The lowest BCUT2D eigenvalue weighted by molar-refractivity contribution is -0.385. The molecule has 1 atom stereocenters. The molecule has 2 aromatic rings. The van der Waals surface area contributed by atoms with Crippen LogP contribution in [0.1, 0.15) is 29.1 Å². The van der Waals surface area contributed by atoms with Crippen LogP contribution in [-0.2, 0) is 9.53 Å². The first kappa shape index (κ1) is 18.2. The van der Waals surface area contributed by atoms with Crippen LogP contribution in [-0.4, -0.2) is 36.6 Å². The topological polar surface area (TPSA) is 130 Å². The van der Waals surface area contributed by atoms with E-state index in [1.165, 1.54) is 12.3 Å². The van der Waals surface area contributed by atoms with Crippen LogP contribution in [0.2, 0.25) is 0 Å². The predicted molar refractivity (Wildman–Crippen MR) is 89.6 cm³/mol. The maximum atomic E-state index is 12.3. The fraction of sp³-hybridized carbons (Fsp3) is 0.294. The Morgan fingerprint density at radius 3 is 2.63 bits per heavy atom. The molecule has 1 amide bonds. The minimum atomic E-state index is -1.01. The van der Waals surface area contributed by atoms with Crippen molar-refractivity contribution in [1.29, 1.82) is 0 Å². The molecule has 0 fully saturated rings. The summed E-state index contributed by atoms with van der Waals surface area (Å²) in [7, 11) is 0. The zero-order valence-electron chi connectivity index (χ0n) is 14.3. The third-order valence-electron chi connectivity index (χ3n) is 3.76. The number of fused-ring (bicyclic) bond motifs is 1. The van der Waals surface area contributed by atoms with Crippen molar-refractivity contribution >= 4 is 17.6 Å². The molecule has 3 rings (SSSR count). The molecule has 1 N–H and O–H groups in total. The van der Waals surface area contributed by atoms with E-state index >= 15 is 0 Å². The van der Waals surface area contributed by atoms with Gasteiger partial charge in [0.15, 0.2) is 18.1 Å². The molecule has 1 aliphatic heterocycles. The lowest BCUT2D eigenvalue weighted by Crippen LogP contribution is -2.31. The Morgan fingerprint density at radius 2 is 2.00 bits per heavy atom. The molecule has 27 heavy (non-hydrogen) atoms. The number of furan rings is 1. The molecule has 142 valence electrons. The first-order valence-electron chi connectivity index (χ1n) is 8.03. The molecule has 0 spiro atoms. The molecule has 0 bridgehead atoms. The molecular weight excluding hydrogens is 360 g/mol. The van der Waals surface area contributed by atoms with Gasteiger partial charge in [0.1, 0.15) is 24.5 Å². The van der Waals surface area contributed by atoms with E-state index in [2.05, 4.69) is 5.32 Å². The number of hydrogen-bond donors (Lipinski definition) is 1. The predicted octanol–water partition coefficient (Wildman–Crippen LogP) is 1.99. The number of hydrogen-bond acceptors (Lipinski definition) is 8. The van der Waals surface area contributed by atoms with Gasteiger partial charge in [0.2, 0.25) is 0 Å². The zero-order chi connectivity index (χ0) is 19.4. The van der Waals surface area contributed by atoms with Crippen LogP contribution >= 0.6 is 0 Å². The van der Waals surface area contributed by atoms with E-state index in [1.807, 2.05) is 0 Å². The molecule has 1 aromatic heterocycles. The summed E-state index contributed by atoms with van der Waals surface area (Å²) < 4.78 is 20.7. The van der Waals surface area contributed by atoms with E-state index in [0.717, 1.165) is 6.07 Å². The molecule has 0 radical (unpaired) electrons. The van der Waals surface area contributed by atoms with Crippen LogP contribution in [0.25, 0.3) is 0 Å². The molecule has 0 saturated carbocycles. The van der Waals surface area contributed by atoms with Gasteiger partial charge in [0.05, 0.1) is 23.3 Å². The molecule has 2 heterocycles. The Morgan fingerprint density at radius 1 is 1.30 bits per heavy atom. The van der Waals surface area contributed by atoms with Gasteiger partial charge in [-0.15, -0.1) is 0 Å². The average molecular weight is 376 g/mol. The Hall–Kier alpha value is -3.56. The first-order chi connectivity index (χ1) is 13.0. The van der Waals surface area contributed by atoms with Gasteiger partial charge in [0, 0.05) is 6.07 Å². The van der Waals surface area contributed by atoms with Gasteiger partial charge in [-0.05, 0) is 19.1 Å². The van der Waals surface area contributed by atoms with Gasteiger partial charge < -0.3 is 23.9 Å². The van der Waals surface area contributed by atoms with Gasteiger partial charge >= 0.3 is 5.97 Å². The zero-order valence-corrected chi connectivity index (χ0v) is 14.3. The van der Waals surface area contributed by atoms with Crippen molar-refractivity contribution in [2.75, 3.05) is 19.8 Å². The van der Waals surface area contributed by atoms with Crippen LogP contribution in [0.5, 0.6) is 11.5 Å². The van der Waals surface area contributed by atoms with Crippen LogP contribution in [0.3, 0.4) is 0 Å². The highest BCUT2D eigenvalue weighted by molar-refractivity contribution is 5.96. The summed E-state index contributed by atoms with van der Waals surface area (Å²) in [4.78, 5) is 34.7. The number of carbonyl (C=O) groups excluding carboxylic acids is 2. The van der Waals surface area contributed by atoms with Crippen LogP contribution in [0, 0.1) is 10.1 Å². The number of nitrogens with zero attached hydrogens (tertiary/aromatic N) is 1. The summed E-state index contributed by atoms with van der Waals surface area (Å²) in [5, 5.41) is 13.8. The number of rotatable bonds is 6. The van der Waals surface area contributed by atoms with Crippen LogP contribution < -0.4 is 14.8 Å². The Balaban J connectivity index is 1.66. The third-order valence-corrected chi connectivity index (χ3v) is 3.76. The SMILES string of the molecule is C[C@@H](NC(=O)COC(=O)c1cc2c(cc1[N+](=O)[O-])OCCO2)c1ccco1. The maximum Gasteiger partial charge on any atom is 0.345 e. The maximum absolute atomic E-state index is 12.3. The average Bonchev–Trinajstić information content (AvgIpc) is 3.20. The highest BCUT2D eigenvalue weighted by Gasteiger charge is 2.28. The fourth-order valence-electron chi connectivity index (χ4n) is 2.49. The van der Waals surface area contributed by atoms with E-state index in [-0.39, 0.29) is 30.3 Å². The summed E-state index contributed by atoms with van der Waals surface area (Å²) >= 11 is 0. The minimum Gasteiger partial charge on any atom is -0.486 e. The number of carbonyl (C=O) groups is 2. The van der Waals surface area contributed by atoms with Gasteiger partial charge in [-0.2, -0.15) is 0 Å². The van der Waals surface area contributed by atoms with Gasteiger partial charge in [0.25, 0.3) is 11.6 Å². The number of esters is 1. The van der Waals surface area contributed by atoms with Crippen LogP contribution in [0.4, 0.5) is 5.69 Å². The number of nitro benzene ring substituents is 1. The molecule has 10 nitrogen and oxygen atoms in total. The standard InChI is InChI=1S/C17H16N2O8/c1-10(13-3-2-4-24-13)18-16(20)9-27-17(21)11-7-14-15(26-6-5-25-14)8-12(11)19(22)23/h2-4,7-8,10H,5-6,9H2,1H3,(H,18,20)/t10-/m1/s1. The molecule has 1 aromatic carbocycles.